The van der Waals surface area contributed by atoms with Gasteiger partial charge in [0.2, 0.25) is 5.91 Å². The Labute approximate surface area is 143 Å². The van der Waals surface area contributed by atoms with E-state index in [1.54, 1.807) is 31.2 Å². The fourth-order valence-electron chi connectivity index (χ4n) is 4.26. The Morgan fingerprint density at radius 3 is 2.50 bits per heavy atom. The summed E-state index contributed by atoms with van der Waals surface area (Å²) in [6, 6.07) is 8.78. The number of carboxylic acid groups (broad SMARTS) is 1. The van der Waals surface area contributed by atoms with Gasteiger partial charge in [0.1, 0.15) is 17.4 Å². The minimum atomic E-state index is -1.61. The van der Waals surface area contributed by atoms with E-state index in [2.05, 4.69) is 9.61 Å². The van der Waals surface area contributed by atoms with Crippen LogP contribution < -0.4 is 11.1 Å². The Hall–Kier alpha value is -2.12. The van der Waals surface area contributed by atoms with Crippen LogP contribution in [0.5, 0.6) is 0 Å². The number of carbonyl (C=O) groups excluding carboxylic acids is 2. The molecule has 0 radical (unpaired) electrons. The van der Waals surface area contributed by atoms with E-state index in [1.165, 1.54) is 0 Å². The fraction of sp³-hybridized carbons (Fsp3) is 0.438. The molecule has 3 rings (SSSR count). The van der Waals surface area contributed by atoms with Gasteiger partial charge < -0.3 is 20.4 Å². The Bertz CT molecular complexity index is 712. The Morgan fingerprint density at radius 2 is 1.96 bits per heavy atom. The van der Waals surface area contributed by atoms with Crippen molar-refractivity contribution in [3.63, 3.8) is 0 Å². The molecule has 5 atom stereocenters. The van der Waals surface area contributed by atoms with Gasteiger partial charge in [-0.25, -0.2) is 4.79 Å². The molecule has 1 amide bonds. The molecule has 0 unspecified atom stereocenters. The minimum absolute atomic E-state index is 0.0117. The maximum Gasteiger partial charge on any atom is 0.345 e. The van der Waals surface area contributed by atoms with Crippen LogP contribution in [0.25, 0.3) is 0 Å². The first-order chi connectivity index (χ1) is 11.3. The summed E-state index contributed by atoms with van der Waals surface area (Å²) in [6.07, 6.45) is -0.0117. The second kappa shape index (κ2) is 5.46. The van der Waals surface area contributed by atoms with E-state index in [9.17, 15) is 19.5 Å². The average molecular weight is 353 g/mol. The summed E-state index contributed by atoms with van der Waals surface area (Å²) in [5.41, 5.74) is 4.09. The molecule has 0 bridgehead atoms. The first kappa shape index (κ1) is 16.7. The highest BCUT2D eigenvalue weighted by atomic mass is 35.5. The van der Waals surface area contributed by atoms with E-state index in [-0.39, 0.29) is 12.3 Å². The normalized spacial score (nSPS) is 36.5. The maximum absolute atomic E-state index is 12.6. The van der Waals surface area contributed by atoms with Gasteiger partial charge in [0.25, 0.3) is 0 Å². The van der Waals surface area contributed by atoms with E-state index in [4.69, 9.17) is 17.6 Å². The second-order valence-corrected chi connectivity index (χ2v) is 6.78. The number of aliphatic carboxylic acids is 1. The van der Waals surface area contributed by atoms with Crippen molar-refractivity contribution >= 4 is 35.4 Å². The molecule has 1 aromatic carbocycles. The van der Waals surface area contributed by atoms with Gasteiger partial charge in [-0.3, -0.25) is 9.59 Å². The van der Waals surface area contributed by atoms with Gasteiger partial charge in [-0.15, -0.1) is 0 Å². The van der Waals surface area contributed by atoms with Crippen LogP contribution in [-0.4, -0.2) is 28.5 Å². The Morgan fingerprint density at radius 1 is 1.33 bits per heavy atom. The van der Waals surface area contributed by atoms with Crippen LogP contribution in [0.2, 0.25) is 0 Å². The summed E-state index contributed by atoms with van der Waals surface area (Å²) in [5, 5.41) is 12.2. The van der Waals surface area contributed by atoms with Gasteiger partial charge in [-0.05, 0) is 24.5 Å². The van der Waals surface area contributed by atoms with Crippen LogP contribution in [0.4, 0.5) is 5.69 Å². The van der Waals surface area contributed by atoms with Crippen molar-refractivity contribution in [2.45, 2.75) is 18.9 Å². The third-order valence-corrected chi connectivity index (χ3v) is 5.74. The molecular weight excluding hydrogens is 336 g/mol. The number of nitrogens with one attached hydrogen (secondary N) is 1. The van der Waals surface area contributed by atoms with Crippen molar-refractivity contribution in [1.29, 1.82) is 0 Å². The number of halogens is 1. The Balaban J connectivity index is 1.89. The number of rotatable bonds is 4. The topological polar surface area (TPSA) is 119 Å². The van der Waals surface area contributed by atoms with Gasteiger partial charge in [0, 0.05) is 17.0 Å². The van der Waals surface area contributed by atoms with Crippen molar-refractivity contribution in [3.8, 4) is 0 Å². The quantitative estimate of drug-likeness (QED) is 0.753. The predicted octanol–water partition coefficient (Wildman–Crippen LogP) is 1.38. The highest BCUT2D eigenvalue weighted by molar-refractivity contribution is 6.15. The first-order valence-electron chi connectivity index (χ1n) is 7.48. The summed E-state index contributed by atoms with van der Waals surface area (Å²) < 4.78 is 4.26. The molecule has 0 spiro atoms. The number of fused-ring (bicyclic) bond motifs is 1. The summed E-state index contributed by atoms with van der Waals surface area (Å²) in [7, 11) is 0. The predicted molar refractivity (Wildman–Crippen MR) is 84.8 cm³/mol. The van der Waals surface area contributed by atoms with E-state index in [0.717, 1.165) is 0 Å². The lowest BCUT2D eigenvalue weighted by atomic mass is 9.80. The van der Waals surface area contributed by atoms with Crippen LogP contribution in [0.1, 0.15) is 13.3 Å². The van der Waals surface area contributed by atoms with Crippen LogP contribution in [0.3, 0.4) is 0 Å². The molecule has 0 aliphatic heterocycles. The van der Waals surface area contributed by atoms with E-state index >= 15 is 0 Å². The molecule has 128 valence electrons. The zero-order chi connectivity index (χ0) is 17.7. The van der Waals surface area contributed by atoms with Crippen LogP contribution >= 0.6 is 11.9 Å². The van der Waals surface area contributed by atoms with Gasteiger partial charge >= 0.3 is 11.9 Å². The summed E-state index contributed by atoms with van der Waals surface area (Å²) in [5.74, 6) is -4.50. The molecule has 24 heavy (non-hydrogen) atoms. The molecule has 4 N–H and O–H groups in total. The van der Waals surface area contributed by atoms with Gasteiger partial charge in [0.05, 0.1) is 5.92 Å². The summed E-state index contributed by atoms with van der Waals surface area (Å²) >= 11 is 5.17. The standard InChI is InChI=1S/C16H17ClN2O5/c1-15-10(11(15)13(21)22)9(7-16(15,18)14(23)24-17)12(20)19-8-5-3-2-4-6-8/h2-6,9-11H,7,18H2,1H3,(H,19,20)(H,21,22)/t9-,10-,11-,15-,16-/m0/s1. The average Bonchev–Trinajstić information content (AvgIpc) is 3.12. The molecule has 1 aromatic rings. The molecule has 2 aliphatic carbocycles. The number of benzene rings is 1. The molecule has 0 heterocycles. The summed E-state index contributed by atoms with van der Waals surface area (Å²) in [4.78, 5) is 36.2. The van der Waals surface area contributed by atoms with E-state index in [0.29, 0.717) is 5.69 Å². The first-order valence-corrected chi connectivity index (χ1v) is 7.79. The lowest BCUT2D eigenvalue weighted by Crippen LogP contribution is -2.55. The minimum Gasteiger partial charge on any atom is -0.481 e. The molecule has 2 aliphatic rings. The van der Waals surface area contributed by atoms with Gasteiger partial charge in [-0.1, -0.05) is 25.1 Å². The van der Waals surface area contributed by atoms with Crippen molar-refractivity contribution in [2.24, 2.45) is 28.9 Å². The maximum atomic E-state index is 12.6. The number of anilines is 1. The molecule has 2 fully saturated rings. The fourth-order valence-corrected chi connectivity index (χ4v) is 4.40. The lowest BCUT2D eigenvalue weighted by Gasteiger charge is -2.30. The smallest absolute Gasteiger partial charge is 0.345 e. The SMILES string of the molecule is C[C@@]12[C@@H]([C@@H](C(=O)Nc3ccccc3)C[C@]1(N)C(=O)OCl)[C@H]2C(=O)O. The van der Waals surface area contributed by atoms with E-state index in [1.807, 2.05) is 6.07 Å². The van der Waals surface area contributed by atoms with Crippen LogP contribution in [0.15, 0.2) is 30.3 Å². The zero-order valence-corrected chi connectivity index (χ0v) is 13.6. The van der Waals surface area contributed by atoms with Crippen LogP contribution in [-0.2, 0) is 18.7 Å². The molecule has 8 heteroatoms. The van der Waals surface area contributed by atoms with Crippen LogP contribution in [0, 0.1) is 23.2 Å². The largest absolute Gasteiger partial charge is 0.481 e. The molecule has 0 aromatic heterocycles. The molecule has 2 saturated carbocycles. The third kappa shape index (κ3) is 2.12. The molecule has 7 nitrogen and oxygen atoms in total. The lowest BCUT2D eigenvalue weighted by molar-refractivity contribution is -0.145. The zero-order valence-electron chi connectivity index (χ0n) is 12.9. The highest BCUT2D eigenvalue weighted by Gasteiger charge is 2.83. The number of amides is 1. The van der Waals surface area contributed by atoms with Crippen molar-refractivity contribution in [1.82, 2.24) is 0 Å². The summed E-state index contributed by atoms with van der Waals surface area (Å²) in [6.45, 7) is 1.60. The molecular formula is C16H17ClN2O5. The molecule has 0 saturated heterocycles. The highest BCUT2D eigenvalue weighted by Crippen LogP contribution is 2.74. The number of hydrogen-bond acceptors (Lipinski definition) is 5. The number of hydrogen-bond donors (Lipinski definition) is 3. The van der Waals surface area contributed by atoms with Crippen molar-refractivity contribution in [2.75, 3.05) is 5.32 Å². The number of carboxylic acids is 1. The number of para-hydroxylation sites is 1. The van der Waals surface area contributed by atoms with Gasteiger partial charge in [-0.2, -0.15) is 0 Å². The second-order valence-electron chi connectivity index (χ2n) is 6.63. The van der Waals surface area contributed by atoms with Crippen molar-refractivity contribution < 1.29 is 23.8 Å². The Kier molecular flexibility index (Phi) is 3.80. The van der Waals surface area contributed by atoms with Crippen molar-refractivity contribution in [3.05, 3.63) is 30.3 Å². The number of nitrogens with two attached hydrogens (primary N) is 1. The van der Waals surface area contributed by atoms with Gasteiger partial charge in [0.15, 0.2) is 0 Å². The van der Waals surface area contributed by atoms with E-state index < -0.39 is 40.6 Å². The monoisotopic (exact) mass is 352 g/mol. The number of carbonyl (C=O) groups is 3. The third-order valence-electron chi connectivity index (χ3n) is 5.60.